The van der Waals surface area contributed by atoms with Gasteiger partial charge in [0.15, 0.2) is 0 Å². The molecule has 5 heteroatoms. The van der Waals surface area contributed by atoms with Crippen LogP contribution >= 0.6 is 0 Å². The van der Waals surface area contributed by atoms with Gasteiger partial charge >= 0.3 is 0 Å². The summed E-state index contributed by atoms with van der Waals surface area (Å²) in [7, 11) is 0. The van der Waals surface area contributed by atoms with E-state index in [2.05, 4.69) is 39.7 Å². The average molecular weight is 360 g/mol. The number of aromatic nitrogens is 3. The maximum atomic E-state index is 12.5. The van der Waals surface area contributed by atoms with Crippen LogP contribution < -0.4 is 5.32 Å². The van der Waals surface area contributed by atoms with Gasteiger partial charge in [-0.1, -0.05) is 25.0 Å². The van der Waals surface area contributed by atoms with Crippen molar-refractivity contribution in [3.8, 4) is 5.69 Å². The highest BCUT2D eigenvalue weighted by Crippen LogP contribution is 2.19. The Morgan fingerprint density at radius 2 is 2.00 bits per heavy atom. The molecule has 27 heavy (non-hydrogen) atoms. The van der Waals surface area contributed by atoms with Crippen LogP contribution in [-0.2, 0) is 6.42 Å². The monoisotopic (exact) mass is 360 g/mol. The van der Waals surface area contributed by atoms with Crippen molar-refractivity contribution in [3.05, 3.63) is 77.4 Å². The van der Waals surface area contributed by atoms with Gasteiger partial charge in [-0.2, -0.15) is 5.10 Å². The summed E-state index contributed by atoms with van der Waals surface area (Å²) in [5.41, 5.74) is 4.97. The third kappa shape index (κ3) is 4.08. The Hall–Kier alpha value is -2.95. The number of nitrogens with zero attached hydrogens (tertiary/aromatic N) is 3. The van der Waals surface area contributed by atoms with Crippen molar-refractivity contribution in [1.29, 1.82) is 0 Å². The molecule has 1 amide bonds. The summed E-state index contributed by atoms with van der Waals surface area (Å²) >= 11 is 0. The minimum absolute atomic E-state index is 0.0582. The molecule has 5 nitrogen and oxygen atoms in total. The first-order valence-electron chi connectivity index (χ1n) is 9.54. The van der Waals surface area contributed by atoms with Crippen molar-refractivity contribution in [3.63, 3.8) is 0 Å². The van der Waals surface area contributed by atoms with Gasteiger partial charge in [0.1, 0.15) is 5.69 Å². The minimum Gasteiger partial charge on any atom is -0.348 e. The lowest BCUT2D eigenvalue weighted by Gasteiger charge is -2.13. The molecule has 1 aliphatic rings. The highest BCUT2D eigenvalue weighted by Gasteiger charge is 2.19. The Kier molecular flexibility index (Phi) is 5.01. The molecule has 2 aromatic heterocycles. The molecule has 0 radical (unpaired) electrons. The summed E-state index contributed by atoms with van der Waals surface area (Å²) in [6, 6.07) is 12.5. The SMILES string of the molecule is Cc1cnc(C(=O)NC2CCCC2)cc1Cc1ccc(-n2cccn2)cc1. The number of pyridine rings is 1. The number of carbonyl (C=O) groups is 1. The van der Waals surface area contributed by atoms with Crippen molar-refractivity contribution in [2.75, 3.05) is 0 Å². The molecule has 0 bridgehead atoms. The molecule has 138 valence electrons. The normalized spacial score (nSPS) is 14.4. The molecule has 0 aliphatic heterocycles. The maximum Gasteiger partial charge on any atom is 0.270 e. The van der Waals surface area contributed by atoms with Crippen molar-refractivity contribution in [2.24, 2.45) is 0 Å². The van der Waals surface area contributed by atoms with Gasteiger partial charge in [0.05, 0.1) is 5.69 Å². The predicted molar refractivity (Wildman–Crippen MR) is 105 cm³/mol. The second-order valence-electron chi connectivity index (χ2n) is 7.24. The van der Waals surface area contributed by atoms with E-state index in [1.165, 1.54) is 18.4 Å². The number of benzene rings is 1. The molecule has 1 saturated carbocycles. The molecular weight excluding hydrogens is 336 g/mol. The molecule has 4 rings (SSSR count). The Labute approximate surface area is 159 Å². The van der Waals surface area contributed by atoms with E-state index in [4.69, 9.17) is 0 Å². The molecule has 1 fully saturated rings. The Bertz CT molecular complexity index is 910. The third-order valence-electron chi connectivity index (χ3n) is 5.24. The topological polar surface area (TPSA) is 59.8 Å². The molecular formula is C22H24N4O. The van der Waals surface area contributed by atoms with Gasteiger partial charge in [-0.05, 0) is 67.1 Å². The lowest BCUT2D eigenvalue weighted by molar-refractivity contribution is 0.0932. The summed E-state index contributed by atoms with van der Waals surface area (Å²) in [5, 5.41) is 7.37. The molecule has 1 aromatic carbocycles. The number of hydrogen-bond donors (Lipinski definition) is 1. The van der Waals surface area contributed by atoms with Crippen molar-refractivity contribution < 1.29 is 4.79 Å². The number of rotatable bonds is 5. The number of amides is 1. The average Bonchev–Trinajstić information content (AvgIpc) is 3.38. The Balaban J connectivity index is 1.48. The van der Waals surface area contributed by atoms with Crippen LogP contribution in [0.2, 0.25) is 0 Å². The smallest absolute Gasteiger partial charge is 0.270 e. The van der Waals surface area contributed by atoms with Crippen LogP contribution in [0.4, 0.5) is 0 Å². The summed E-state index contributed by atoms with van der Waals surface area (Å²) < 4.78 is 1.84. The van der Waals surface area contributed by atoms with E-state index >= 15 is 0 Å². The number of nitrogens with one attached hydrogen (secondary N) is 1. The molecule has 3 aromatic rings. The largest absolute Gasteiger partial charge is 0.348 e. The predicted octanol–water partition coefficient (Wildman–Crippen LogP) is 3.84. The van der Waals surface area contributed by atoms with E-state index in [1.807, 2.05) is 29.9 Å². The van der Waals surface area contributed by atoms with Gasteiger partial charge in [0.2, 0.25) is 0 Å². The number of aryl methyl sites for hydroxylation is 1. The first-order valence-corrected chi connectivity index (χ1v) is 9.54. The molecule has 0 unspecified atom stereocenters. The molecule has 0 atom stereocenters. The van der Waals surface area contributed by atoms with Gasteiger partial charge in [-0.3, -0.25) is 9.78 Å². The quantitative estimate of drug-likeness (QED) is 0.752. The lowest BCUT2D eigenvalue weighted by atomic mass is 10.0. The van der Waals surface area contributed by atoms with Crippen LogP contribution in [0, 0.1) is 6.92 Å². The summed E-state index contributed by atoms with van der Waals surface area (Å²) in [6.45, 7) is 2.04. The maximum absolute atomic E-state index is 12.5. The molecule has 2 heterocycles. The van der Waals surface area contributed by atoms with Crippen LogP contribution in [-0.4, -0.2) is 26.7 Å². The fourth-order valence-electron chi connectivity index (χ4n) is 3.62. The van der Waals surface area contributed by atoms with Crippen LogP contribution in [0.5, 0.6) is 0 Å². The van der Waals surface area contributed by atoms with Crippen molar-refractivity contribution in [1.82, 2.24) is 20.1 Å². The lowest BCUT2D eigenvalue weighted by Crippen LogP contribution is -2.33. The van der Waals surface area contributed by atoms with Crippen LogP contribution in [0.3, 0.4) is 0 Å². The van der Waals surface area contributed by atoms with Gasteiger partial charge in [-0.25, -0.2) is 4.68 Å². The fraction of sp³-hybridized carbons (Fsp3) is 0.318. The zero-order valence-corrected chi connectivity index (χ0v) is 15.6. The number of hydrogen-bond acceptors (Lipinski definition) is 3. The second-order valence-corrected chi connectivity index (χ2v) is 7.24. The van der Waals surface area contributed by atoms with Gasteiger partial charge in [-0.15, -0.1) is 0 Å². The first kappa shape index (κ1) is 17.5. The standard InChI is InChI=1S/C22H24N4O/c1-16-15-23-21(22(27)25-19-5-2-3-6-19)14-18(16)13-17-7-9-20(10-8-17)26-12-4-11-24-26/h4,7-12,14-15,19H,2-3,5-6,13H2,1H3,(H,25,27). The van der Waals surface area contributed by atoms with E-state index in [1.54, 1.807) is 12.4 Å². The molecule has 1 N–H and O–H groups in total. The van der Waals surface area contributed by atoms with Crippen LogP contribution in [0.1, 0.15) is 52.9 Å². The Morgan fingerprint density at radius 3 is 2.70 bits per heavy atom. The minimum atomic E-state index is -0.0582. The zero-order chi connectivity index (χ0) is 18.6. The van der Waals surface area contributed by atoms with Gasteiger partial charge < -0.3 is 5.32 Å². The molecule has 0 spiro atoms. The summed E-state index contributed by atoms with van der Waals surface area (Å²) in [5.74, 6) is -0.0582. The third-order valence-corrected chi connectivity index (χ3v) is 5.24. The van der Waals surface area contributed by atoms with Gasteiger partial charge in [0, 0.05) is 24.6 Å². The van der Waals surface area contributed by atoms with E-state index in [0.29, 0.717) is 11.7 Å². The first-order chi connectivity index (χ1) is 13.2. The van der Waals surface area contributed by atoms with Crippen LogP contribution in [0.25, 0.3) is 5.69 Å². The van der Waals surface area contributed by atoms with Crippen molar-refractivity contribution in [2.45, 2.75) is 45.1 Å². The summed E-state index contributed by atoms with van der Waals surface area (Å²) in [4.78, 5) is 16.9. The van der Waals surface area contributed by atoms with E-state index in [9.17, 15) is 4.79 Å². The highest BCUT2D eigenvalue weighted by molar-refractivity contribution is 5.92. The number of carbonyl (C=O) groups excluding carboxylic acids is 1. The summed E-state index contributed by atoms with van der Waals surface area (Å²) in [6.07, 6.45) is 10.8. The zero-order valence-electron chi connectivity index (χ0n) is 15.6. The van der Waals surface area contributed by atoms with Crippen LogP contribution in [0.15, 0.2) is 55.0 Å². The highest BCUT2D eigenvalue weighted by atomic mass is 16.1. The van der Waals surface area contributed by atoms with Gasteiger partial charge in [0.25, 0.3) is 5.91 Å². The Morgan fingerprint density at radius 1 is 1.22 bits per heavy atom. The van der Waals surface area contributed by atoms with E-state index < -0.39 is 0 Å². The fourth-order valence-corrected chi connectivity index (χ4v) is 3.62. The second kappa shape index (κ2) is 7.74. The van der Waals surface area contributed by atoms with E-state index in [-0.39, 0.29) is 5.91 Å². The molecule has 0 saturated heterocycles. The van der Waals surface area contributed by atoms with E-state index in [0.717, 1.165) is 36.1 Å². The van der Waals surface area contributed by atoms with Crippen molar-refractivity contribution >= 4 is 5.91 Å². The molecule has 1 aliphatic carbocycles.